The second-order valence-corrected chi connectivity index (χ2v) is 8.43. The van der Waals surface area contributed by atoms with Crippen LogP contribution in [0, 0.1) is 0 Å². The summed E-state index contributed by atoms with van der Waals surface area (Å²) in [5, 5.41) is 6.41. The molecule has 2 aliphatic heterocycles. The Morgan fingerprint density at radius 2 is 1.81 bits per heavy atom. The average Bonchev–Trinajstić information content (AvgIpc) is 2.96. The number of nitrogens with zero attached hydrogens (tertiary/aromatic N) is 3. The van der Waals surface area contributed by atoms with E-state index in [1.165, 1.54) is 6.42 Å². The zero-order chi connectivity index (χ0) is 18.7. The summed E-state index contributed by atoms with van der Waals surface area (Å²) in [6.45, 7) is 1.52. The molecule has 0 amide bonds. The lowest BCUT2D eigenvalue weighted by Gasteiger charge is -2.32. The van der Waals surface area contributed by atoms with Crippen LogP contribution in [-0.2, 0) is 10.0 Å². The van der Waals surface area contributed by atoms with Crippen molar-refractivity contribution in [2.24, 2.45) is 4.99 Å². The van der Waals surface area contributed by atoms with Crippen LogP contribution in [0.1, 0.15) is 25.7 Å². The molecule has 1 unspecified atom stereocenters. The van der Waals surface area contributed by atoms with E-state index < -0.39 is 15.5 Å². The standard InChI is InChI=1S/C14H26F3N5O2S.HI/c1-18-13(19-10-12-4-3-7-21(12)2)20-11-5-8-22(9-6-11)25(23,24)14(15,16)17;/h11-12H,3-10H2,1-2H3,(H2,18,19,20);1H. The average molecular weight is 513 g/mol. The number of nitrogens with one attached hydrogen (secondary N) is 2. The Bertz CT molecular complexity index is 580. The highest BCUT2D eigenvalue weighted by atomic mass is 127. The minimum Gasteiger partial charge on any atom is -0.355 e. The number of likely N-dealkylation sites (tertiary alicyclic amines) is 1. The van der Waals surface area contributed by atoms with E-state index in [9.17, 15) is 21.6 Å². The third-order valence-electron chi connectivity index (χ3n) is 4.83. The lowest BCUT2D eigenvalue weighted by Crippen LogP contribution is -2.52. The van der Waals surface area contributed by atoms with Crippen molar-refractivity contribution in [3.05, 3.63) is 0 Å². The van der Waals surface area contributed by atoms with E-state index >= 15 is 0 Å². The molecule has 0 radical (unpaired) electrons. The number of likely N-dealkylation sites (N-methyl/N-ethyl adjacent to an activating group) is 1. The molecule has 0 aromatic heterocycles. The molecule has 2 fully saturated rings. The van der Waals surface area contributed by atoms with Gasteiger partial charge < -0.3 is 15.5 Å². The number of alkyl halides is 3. The van der Waals surface area contributed by atoms with E-state index in [0.29, 0.717) is 29.1 Å². The number of sulfonamides is 1. The maximum Gasteiger partial charge on any atom is 0.511 e. The fraction of sp³-hybridized carbons (Fsp3) is 0.929. The number of halogens is 4. The van der Waals surface area contributed by atoms with Gasteiger partial charge in [-0.2, -0.15) is 17.5 Å². The van der Waals surface area contributed by atoms with Gasteiger partial charge in [-0.15, -0.1) is 24.0 Å². The Morgan fingerprint density at radius 1 is 1.19 bits per heavy atom. The van der Waals surface area contributed by atoms with Crippen LogP contribution in [0.3, 0.4) is 0 Å². The Kier molecular flexibility index (Phi) is 8.87. The Labute approximate surface area is 169 Å². The maximum atomic E-state index is 12.6. The summed E-state index contributed by atoms with van der Waals surface area (Å²) < 4.78 is 61.1. The topological polar surface area (TPSA) is 77.0 Å². The van der Waals surface area contributed by atoms with E-state index in [1.54, 1.807) is 7.05 Å². The first-order chi connectivity index (χ1) is 11.6. The van der Waals surface area contributed by atoms with Crippen LogP contribution in [0.25, 0.3) is 0 Å². The van der Waals surface area contributed by atoms with Crippen molar-refractivity contribution >= 4 is 40.0 Å². The van der Waals surface area contributed by atoms with E-state index in [0.717, 1.165) is 19.5 Å². The summed E-state index contributed by atoms with van der Waals surface area (Å²) in [5.41, 5.74) is -5.24. The van der Waals surface area contributed by atoms with Crippen LogP contribution in [0.4, 0.5) is 13.2 Å². The molecule has 2 saturated heterocycles. The summed E-state index contributed by atoms with van der Waals surface area (Å²) in [6.07, 6.45) is 2.90. The molecule has 12 heteroatoms. The van der Waals surface area contributed by atoms with Crippen LogP contribution in [0.5, 0.6) is 0 Å². The lowest BCUT2D eigenvalue weighted by molar-refractivity contribution is -0.0494. The third kappa shape index (κ3) is 5.83. The zero-order valence-electron chi connectivity index (χ0n) is 14.9. The predicted octanol–water partition coefficient (Wildman–Crippen LogP) is 1.18. The monoisotopic (exact) mass is 513 g/mol. The Balaban J connectivity index is 0.00000338. The molecule has 2 N–H and O–H groups in total. The summed E-state index contributed by atoms with van der Waals surface area (Å²) in [7, 11) is -1.52. The van der Waals surface area contributed by atoms with Crippen molar-refractivity contribution < 1.29 is 21.6 Å². The van der Waals surface area contributed by atoms with Crippen LogP contribution >= 0.6 is 24.0 Å². The van der Waals surface area contributed by atoms with Crippen molar-refractivity contribution in [3.8, 4) is 0 Å². The van der Waals surface area contributed by atoms with Gasteiger partial charge in [-0.25, -0.2) is 8.42 Å². The molecule has 2 aliphatic rings. The molecule has 0 saturated carbocycles. The van der Waals surface area contributed by atoms with Crippen LogP contribution in [0.2, 0.25) is 0 Å². The van der Waals surface area contributed by atoms with Gasteiger partial charge in [0.1, 0.15) is 0 Å². The summed E-state index contributed by atoms with van der Waals surface area (Å²) in [4.78, 5) is 6.42. The molecule has 7 nitrogen and oxygen atoms in total. The quantitative estimate of drug-likeness (QED) is 0.336. The van der Waals surface area contributed by atoms with Crippen molar-refractivity contribution in [1.29, 1.82) is 0 Å². The van der Waals surface area contributed by atoms with Gasteiger partial charge in [-0.05, 0) is 39.3 Å². The second-order valence-electron chi connectivity index (χ2n) is 6.50. The first kappa shape index (κ1) is 23.7. The minimum atomic E-state index is -5.24. The molecule has 2 rings (SSSR count). The van der Waals surface area contributed by atoms with E-state index in [1.807, 2.05) is 0 Å². The third-order valence-corrected chi connectivity index (χ3v) is 6.46. The predicted molar refractivity (Wildman–Crippen MR) is 105 cm³/mol. The van der Waals surface area contributed by atoms with Gasteiger partial charge in [-0.1, -0.05) is 0 Å². The second kappa shape index (κ2) is 9.73. The SMILES string of the molecule is CN=C(NCC1CCCN1C)NC1CCN(S(=O)(=O)C(F)(F)F)CC1.I. The van der Waals surface area contributed by atoms with Crippen molar-refractivity contribution in [2.45, 2.75) is 43.3 Å². The van der Waals surface area contributed by atoms with Gasteiger partial charge in [0.15, 0.2) is 5.96 Å². The Morgan fingerprint density at radius 3 is 2.27 bits per heavy atom. The number of rotatable bonds is 4. The van der Waals surface area contributed by atoms with Crippen molar-refractivity contribution in [1.82, 2.24) is 19.8 Å². The van der Waals surface area contributed by atoms with E-state index in [2.05, 4.69) is 27.6 Å². The first-order valence-corrected chi connectivity index (χ1v) is 9.83. The highest BCUT2D eigenvalue weighted by molar-refractivity contribution is 14.0. The number of hydrogen-bond donors (Lipinski definition) is 2. The molecular formula is C14H27F3IN5O2S. The van der Waals surface area contributed by atoms with Crippen molar-refractivity contribution in [2.75, 3.05) is 40.3 Å². The highest BCUT2D eigenvalue weighted by Gasteiger charge is 2.50. The van der Waals surface area contributed by atoms with Gasteiger partial charge in [-0.3, -0.25) is 4.99 Å². The molecular weight excluding hydrogens is 486 g/mol. The fourth-order valence-corrected chi connectivity index (χ4v) is 4.21. The summed E-state index contributed by atoms with van der Waals surface area (Å²) >= 11 is 0. The summed E-state index contributed by atoms with van der Waals surface area (Å²) in [5.74, 6) is 0.595. The lowest BCUT2D eigenvalue weighted by atomic mass is 10.1. The van der Waals surface area contributed by atoms with Gasteiger partial charge in [0.2, 0.25) is 0 Å². The molecule has 0 aromatic carbocycles. The molecule has 0 aromatic rings. The molecule has 1 atom stereocenters. The maximum absolute atomic E-state index is 12.6. The van der Waals surface area contributed by atoms with Crippen LogP contribution in [0.15, 0.2) is 4.99 Å². The van der Waals surface area contributed by atoms with E-state index in [-0.39, 0.29) is 43.1 Å². The minimum absolute atomic E-state index is 0. The van der Waals surface area contributed by atoms with E-state index in [4.69, 9.17) is 0 Å². The molecule has 0 spiro atoms. The van der Waals surface area contributed by atoms with Crippen LogP contribution in [-0.4, -0.2) is 81.4 Å². The van der Waals surface area contributed by atoms with Crippen molar-refractivity contribution in [3.63, 3.8) is 0 Å². The molecule has 2 heterocycles. The van der Waals surface area contributed by atoms with Crippen LogP contribution < -0.4 is 10.6 Å². The molecule has 154 valence electrons. The molecule has 0 bridgehead atoms. The molecule has 26 heavy (non-hydrogen) atoms. The Hall–Kier alpha value is -0.340. The normalized spacial score (nSPS) is 24.3. The first-order valence-electron chi connectivity index (χ1n) is 8.39. The summed E-state index contributed by atoms with van der Waals surface area (Å²) in [6, 6.07) is 0.338. The van der Waals surface area contributed by atoms with Gasteiger partial charge >= 0.3 is 15.5 Å². The number of hydrogen-bond acceptors (Lipinski definition) is 4. The fourth-order valence-electron chi connectivity index (χ4n) is 3.23. The largest absolute Gasteiger partial charge is 0.511 e. The number of guanidine groups is 1. The number of piperidine rings is 1. The zero-order valence-corrected chi connectivity index (χ0v) is 18.1. The smallest absolute Gasteiger partial charge is 0.355 e. The van der Waals surface area contributed by atoms with Gasteiger partial charge in [0, 0.05) is 38.8 Å². The van der Waals surface area contributed by atoms with Gasteiger partial charge in [0.05, 0.1) is 0 Å². The highest BCUT2D eigenvalue weighted by Crippen LogP contribution is 2.28. The number of aliphatic imine (C=N–C) groups is 1. The van der Waals surface area contributed by atoms with Gasteiger partial charge in [0.25, 0.3) is 0 Å². The molecule has 0 aliphatic carbocycles.